The molecule has 7 aliphatic rings. The highest BCUT2D eigenvalue weighted by molar-refractivity contribution is 7.20. The van der Waals surface area contributed by atoms with Crippen LogP contribution < -0.4 is 4.90 Å². The van der Waals surface area contributed by atoms with E-state index in [2.05, 4.69) is 16.0 Å². The first-order valence-electron chi connectivity index (χ1n) is 12.8. The lowest BCUT2D eigenvalue weighted by atomic mass is 9.48. The first-order chi connectivity index (χ1) is 16.9. The van der Waals surface area contributed by atoms with E-state index in [9.17, 15) is 20.5 Å². The number of piperidine rings is 1. The first kappa shape index (κ1) is 21.4. The van der Waals surface area contributed by atoms with Gasteiger partial charge in [-0.3, -0.25) is 10.1 Å². The zero-order valence-corrected chi connectivity index (χ0v) is 20.4. The highest BCUT2D eigenvalue weighted by Crippen LogP contribution is 2.61. The van der Waals surface area contributed by atoms with Crippen LogP contribution in [0.1, 0.15) is 79.5 Å². The Bertz CT molecular complexity index is 1280. The number of aliphatic imine (C=N–C) groups is 1. The van der Waals surface area contributed by atoms with E-state index in [1.807, 2.05) is 6.07 Å². The topological polar surface area (TPSA) is 103 Å². The number of thiophene rings is 1. The van der Waals surface area contributed by atoms with Crippen LogP contribution >= 0.6 is 11.3 Å². The van der Waals surface area contributed by atoms with Crippen LogP contribution in [0.3, 0.4) is 0 Å². The maximum atomic E-state index is 11.9. The normalized spacial score (nSPS) is 30.7. The number of aromatic hydroxyl groups is 1. The van der Waals surface area contributed by atoms with Gasteiger partial charge < -0.3 is 10.0 Å². The number of anilines is 1. The molecule has 1 aromatic carbocycles. The molecule has 2 aromatic rings. The van der Waals surface area contributed by atoms with E-state index in [0.29, 0.717) is 39.8 Å². The summed E-state index contributed by atoms with van der Waals surface area (Å²) in [6.45, 7) is 2.04. The van der Waals surface area contributed by atoms with Crippen molar-refractivity contribution < 1.29 is 10.0 Å². The molecule has 1 saturated heterocycles. The molecule has 4 heterocycles. The van der Waals surface area contributed by atoms with Crippen molar-refractivity contribution in [1.29, 1.82) is 5.26 Å². The lowest BCUT2D eigenvalue weighted by molar-refractivity contribution is -0.386. The van der Waals surface area contributed by atoms with Gasteiger partial charge in [0.15, 0.2) is 0 Å². The highest BCUT2D eigenvalue weighted by atomic mass is 32.1. The van der Waals surface area contributed by atoms with Crippen LogP contribution in [0.5, 0.6) is 5.75 Å². The van der Waals surface area contributed by atoms with Gasteiger partial charge >= 0.3 is 5.69 Å². The number of rotatable bonds is 4. The molecule has 6 bridgehead atoms. The number of hydrogen-bond donors (Lipinski definition) is 1. The lowest BCUT2D eigenvalue weighted by Crippen LogP contribution is -2.48. The number of phenols is 1. The molecular weight excluding hydrogens is 460 g/mol. The van der Waals surface area contributed by atoms with Crippen molar-refractivity contribution in [3.63, 3.8) is 0 Å². The van der Waals surface area contributed by atoms with E-state index < -0.39 is 4.92 Å². The SMILES string of the molecule is N#Cc1c(N=Cc2cc(C34CC5CC(CC(C5)C3)C4)cc([N+](=O)[O-])c2O)sc2c1C1CCN2CC1. The van der Waals surface area contributed by atoms with E-state index in [0.717, 1.165) is 61.3 Å². The standard InChI is InChI=1S/C27H28N4O3S/c28-13-21-23-18-1-3-30(4-2-18)26(23)35-25(21)29-14-19-8-20(9-22(24(19)32)31(33)34)27-10-15-5-16(11-27)7-17(6-15)12-27/h8-9,14-18,32H,1-7,10-12H2. The molecule has 1 N–H and O–H groups in total. The molecule has 0 radical (unpaired) electrons. The Labute approximate surface area is 208 Å². The van der Waals surface area contributed by atoms with Crippen LogP contribution in [0, 0.1) is 39.2 Å². The number of nitro benzene ring substituents is 1. The molecule has 3 aliphatic heterocycles. The predicted octanol–water partition coefficient (Wildman–Crippen LogP) is 6.15. The molecule has 1 aromatic heterocycles. The number of nitro groups is 1. The Morgan fingerprint density at radius 2 is 1.83 bits per heavy atom. The molecule has 4 saturated carbocycles. The minimum atomic E-state index is -0.480. The number of nitrogens with zero attached hydrogens (tertiary/aromatic N) is 4. The monoisotopic (exact) mass is 488 g/mol. The number of phenolic OH excluding ortho intramolecular Hbond substituents is 1. The summed E-state index contributed by atoms with van der Waals surface area (Å²) in [5.41, 5.74) is 2.85. The Hall–Kier alpha value is -2.92. The van der Waals surface area contributed by atoms with Crippen molar-refractivity contribution in [2.75, 3.05) is 18.0 Å². The van der Waals surface area contributed by atoms with Crippen LogP contribution in [0.4, 0.5) is 15.7 Å². The van der Waals surface area contributed by atoms with Crippen LogP contribution in [-0.4, -0.2) is 29.3 Å². The summed E-state index contributed by atoms with van der Waals surface area (Å²) in [7, 11) is 0. The molecule has 9 rings (SSSR count). The molecule has 0 amide bonds. The van der Waals surface area contributed by atoms with Gasteiger partial charge in [0.2, 0.25) is 5.75 Å². The zero-order valence-electron chi connectivity index (χ0n) is 19.6. The second-order valence-electron chi connectivity index (χ2n) is 11.5. The summed E-state index contributed by atoms with van der Waals surface area (Å²) in [6.07, 6.45) is 10.8. The van der Waals surface area contributed by atoms with E-state index in [1.165, 1.54) is 30.6 Å². The largest absolute Gasteiger partial charge is 0.502 e. The maximum Gasteiger partial charge on any atom is 0.311 e. The van der Waals surface area contributed by atoms with E-state index in [1.54, 1.807) is 12.3 Å². The molecule has 8 heteroatoms. The fraction of sp³-hybridized carbons (Fsp3) is 0.556. The third-order valence-electron chi connectivity index (χ3n) is 9.50. The van der Waals surface area contributed by atoms with Crippen molar-refractivity contribution in [3.8, 4) is 11.8 Å². The third kappa shape index (κ3) is 3.17. The van der Waals surface area contributed by atoms with Gasteiger partial charge in [0.25, 0.3) is 0 Å². The van der Waals surface area contributed by atoms with Crippen LogP contribution in [0.25, 0.3) is 0 Å². The number of benzene rings is 1. The van der Waals surface area contributed by atoms with Gasteiger partial charge in [-0.15, -0.1) is 0 Å². The molecule has 0 spiro atoms. The van der Waals surface area contributed by atoms with E-state index >= 15 is 0 Å². The van der Waals surface area contributed by atoms with Crippen LogP contribution in [0.2, 0.25) is 0 Å². The summed E-state index contributed by atoms with van der Waals surface area (Å²) in [4.78, 5) is 18.4. The number of nitriles is 1. The van der Waals surface area contributed by atoms with Gasteiger partial charge in [0.05, 0.1) is 15.5 Å². The number of hydrogen-bond acceptors (Lipinski definition) is 7. The summed E-state index contributed by atoms with van der Waals surface area (Å²) >= 11 is 1.53. The van der Waals surface area contributed by atoms with E-state index in [4.69, 9.17) is 0 Å². The fourth-order valence-electron chi connectivity index (χ4n) is 8.38. The molecule has 0 unspecified atom stereocenters. The van der Waals surface area contributed by atoms with Gasteiger partial charge in [-0.1, -0.05) is 11.3 Å². The minimum Gasteiger partial charge on any atom is -0.502 e. The molecule has 180 valence electrons. The van der Waals surface area contributed by atoms with Crippen LogP contribution in [0.15, 0.2) is 17.1 Å². The average molecular weight is 489 g/mol. The molecular formula is C27H28N4O3S. The van der Waals surface area contributed by atoms with Crippen molar-refractivity contribution in [1.82, 2.24) is 0 Å². The second kappa shape index (κ2) is 7.54. The quantitative estimate of drug-likeness (QED) is 0.316. The van der Waals surface area contributed by atoms with Crippen molar-refractivity contribution in [3.05, 3.63) is 44.5 Å². The predicted molar refractivity (Wildman–Crippen MR) is 135 cm³/mol. The van der Waals surface area contributed by atoms with Crippen molar-refractivity contribution in [2.24, 2.45) is 22.7 Å². The van der Waals surface area contributed by atoms with Gasteiger partial charge in [-0.2, -0.15) is 5.26 Å². The van der Waals surface area contributed by atoms with Gasteiger partial charge in [-0.05, 0) is 92.1 Å². The van der Waals surface area contributed by atoms with Crippen molar-refractivity contribution >= 4 is 33.2 Å². The second-order valence-corrected chi connectivity index (χ2v) is 12.5. The smallest absolute Gasteiger partial charge is 0.311 e. The number of fused-ring (bicyclic) bond motifs is 2. The molecule has 5 fully saturated rings. The Morgan fingerprint density at radius 3 is 2.43 bits per heavy atom. The van der Waals surface area contributed by atoms with Gasteiger partial charge in [0, 0.05) is 36.5 Å². The Balaban J connectivity index is 1.30. The Morgan fingerprint density at radius 1 is 1.17 bits per heavy atom. The molecule has 35 heavy (non-hydrogen) atoms. The lowest BCUT2D eigenvalue weighted by Gasteiger charge is -2.57. The minimum absolute atomic E-state index is 0.0257. The fourth-order valence-corrected chi connectivity index (χ4v) is 9.62. The Kier molecular flexibility index (Phi) is 4.60. The summed E-state index contributed by atoms with van der Waals surface area (Å²) < 4.78 is 0. The zero-order chi connectivity index (χ0) is 23.9. The summed E-state index contributed by atoms with van der Waals surface area (Å²) in [5, 5.41) is 34.4. The summed E-state index contributed by atoms with van der Waals surface area (Å²) in [5.74, 6) is 2.22. The maximum absolute atomic E-state index is 11.9. The van der Waals surface area contributed by atoms with Crippen LogP contribution in [-0.2, 0) is 5.41 Å². The van der Waals surface area contributed by atoms with Gasteiger partial charge in [0.1, 0.15) is 11.1 Å². The van der Waals surface area contributed by atoms with Gasteiger partial charge in [-0.25, -0.2) is 4.99 Å². The molecule has 7 nitrogen and oxygen atoms in total. The molecule has 0 atom stereocenters. The summed E-state index contributed by atoms with van der Waals surface area (Å²) in [6, 6.07) is 5.93. The third-order valence-corrected chi connectivity index (χ3v) is 10.7. The highest BCUT2D eigenvalue weighted by Gasteiger charge is 2.52. The van der Waals surface area contributed by atoms with Crippen molar-refractivity contribution in [2.45, 2.75) is 62.7 Å². The average Bonchev–Trinajstić information content (AvgIpc) is 3.23. The van der Waals surface area contributed by atoms with E-state index in [-0.39, 0.29) is 16.9 Å². The molecule has 4 aliphatic carbocycles. The first-order valence-corrected chi connectivity index (χ1v) is 13.6.